The molecule has 0 aliphatic carbocycles. The summed E-state index contributed by atoms with van der Waals surface area (Å²) in [6.07, 6.45) is 1.60. The Hall–Kier alpha value is -2.56. The largest absolute Gasteiger partial charge is 0.506 e. The van der Waals surface area contributed by atoms with E-state index in [0.717, 1.165) is 11.1 Å². The number of nitrogens with zero attached hydrogens (tertiary/aromatic N) is 3. The van der Waals surface area contributed by atoms with Gasteiger partial charge in [0.2, 0.25) is 0 Å². The first-order valence-electron chi connectivity index (χ1n) is 6.89. The molecule has 0 spiro atoms. The van der Waals surface area contributed by atoms with E-state index in [-0.39, 0.29) is 11.3 Å². The minimum absolute atomic E-state index is 0.00194. The highest BCUT2D eigenvalue weighted by Crippen LogP contribution is 2.34. The van der Waals surface area contributed by atoms with E-state index in [2.05, 4.69) is 5.10 Å². The van der Waals surface area contributed by atoms with E-state index < -0.39 is 0 Å². The van der Waals surface area contributed by atoms with Crippen molar-refractivity contribution in [1.82, 2.24) is 14.3 Å². The number of rotatable bonds is 2. The molecule has 1 N–H and O–H groups in total. The number of fused-ring (bicyclic) bond motifs is 1. The SMILES string of the molecule is CCn1c(=O)c(-c2ccccc2C)c(O)c2cnn(C)c21. The number of aromatic hydroxyl groups is 1. The Bertz CT molecular complexity index is 890. The summed E-state index contributed by atoms with van der Waals surface area (Å²) < 4.78 is 3.26. The van der Waals surface area contributed by atoms with Crippen molar-refractivity contribution in [2.24, 2.45) is 7.05 Å². The number of pyridine rings is 1. The van der Waals surface area contributed by atoms with Gasteiger partial charge in [0.1, 0.15) is 11.4 Å². The highest BCUT2D eigenvalue weighted by atomic mass is 16.3. The first kappa shape index (κ1) is 13.4. The van der Waals surface area contributed by atoms with Crippen LogP contribution in [0.5, 0.6) is 5.75 Å². The summed E-state index contributed by atoms with van der Waals surface area (Å²) in [5.74, 6) is 0.00194. The van der Waals surface area contributed by atoms with Crippen LogP contribution in [-0.4, -0.2) is 19.5 Å². The number of hydrogen-bond acceptors (Lipinski definition) is 3. The van der Waals surface area contributed by atoms with Crippen molar-refractivity contribution in [2.45, 2.75) is 20.4 Å². The zero-order valence-corrected chi connectivity index (χ0v) is 12.3. The van der Waals surface area contributed by atoms with Gasteiger partial charge in [-0.3, -0.25) is 14.0 Å². The van der Waals surface area contributed by atoms with E-state index >= 15 is 0 Å². The quantitative estimate of drug-likeness (QED) is 0.785. The third-order valence-corrected chi connectivity index (χ3v) is 3.84. The second-order valence-electron chi connectivity index (χ2n) is 5.09. The van der Waals surface area contributed by atoms with E-state index in [1.165, 1.54) is 0 Å². The molecule has 3 rings (SSSR count). The van der Waals surface area contributed by atoms with Crippen molar-refractivity contribution >= 4 is 11.0 Å². The Balaban J connectivity index is 2.50. The Morgan fingerprint density at radius 3 is 2.67 bits per heavy atom. The minimum Gasteiger partial charge on any atom is -0.506 e. The summed E-state index contributed by atoms with van der Waals surface area (Å²) >= 11 is 0. The fraction of sp³-hybridized carbons (Fsp3) is 0.250. The summed E-state index contributed by atoms with van der Waals surface area (Å²) in [7, 11) is 1.76. The molecule has 2 heterocycles. The third kappa shape index (κ3) is 1.85. The maximum atomic E-state index is 12.8. The van der Waals surface area contributed by atoms with Crippen LogP contribution in [0.15, 0.2) is 35.3 Å². The lowest BCUT2D eigenvalue weighted by atomic mass is 10.00. The maximum absolute atomic E-state index is 12.8. The third-order valence-electron chi connectivity index (χ3n) is 3.84. The monoisotopic (exact) mass is 283 g/mol. The van der Waals surface area contributed by atoms with Crippen LogP contribution in [0.4, 0.5) is 0 Å². The Labute approximate surface area is 122 Å². The van der Waals surface area contributed by atoms with Gasteiger partial charge in [-0.2, -0.15) is 5.10 Å². The first-order chi connectivity index (χ1) is 10.1. The molecule has 0 amide bonds. The molecule has 2 aromatic heterocycles. The standard InChI is InChI=1S/C16H17N3O2/c1-4-19-15-12(9-17-18(15)3)14(20)13(16(19)21)11-8-6-5-7-10(11)2/h5-9,20H,4H2,1-3H3. The molecule has 108 valence electrons. The van der Waals surface area contributed by atoms with Gasteiger partial charge in [-0.15, -0.1) is 0 Å². The zero-order chi connectivity index (χ0) is 15.1. The fourth-order valence-electron chi connectivity index (χ4n) is 2.77. The van der Waals surface area contributed by atoms with Crippen molar-refractivity contribution in [3.05, 3.63) is 46.4 Å². The molecule has 0 unspecified atom stereocenters. The lowest BCUT2D eigenvalue weighted by molar-refractivity contribution is 0.481. The predicted octanol–water partition coefficient (Wildman–Crippen LogP) is 2.44. The van der Waals surface area contributed by atoms with Crippen LogP contribution < -0.4 is 5.56 Å². The average Bonchev–Trinajstić information content (AvgIpc) is 2.84. The van der Waals surface area contributed by atoms with Crippen LogP contribution in [0, 0.1) is 6.92 Å². The van der Waals surface area contributed by atoms with Crippen LogP contribution >= 0.6 is 0 Å². The molecular formula is C16H17N3O2. The Morgan fingerprint density at radius 1 is 1.29 bits per heavy atom. The van der Waals surface area contributed by atoms with E-state index in [4.69, 9.17) is 0 Å². The minimum atomic E-state index is -0.194. The van der Waals surface area contributed by atoms with E-state index in [1.807, 2.05) is 38.1 Å². The van der Waals surface area contributed by atoms with Crippen molar-refractivity contribution in [2.75, 3.05) is 0 Å². The molecule has 0 aliphatic heterocycles. The summed E-state index contributed by atoms with van der Waals surface area (Å²) in [6.45, 7) is 4.36. The van der Waals surface area contributed by atoms with Crippen molar-refractivity contribution in [3.63, 3.8) is 0 Å². The molecule has 3 aromatic rings. The van der Waals surface area contributed by atoms with Crippen LogP contribution in [0.1, 0.15) is 12.5 Å². The summed E-state index contributed by atoms with van der Waals surface area (Å²) in [5, 5.41) is 15.3. The van der Waals surface area contributed by atoms with Crippen molar-refractivity contribution in [1.29, 1.82) is 0 Å². The molecule has 1 aromatic carbocycles. The van der Waals surface area contributed by atoms with Gasteiger partial charge in [0.15, 0.2) is 0 Å². The van der Waals surface area contributed by atoms with E-state index in [1.54, 1.807) is 22.5 Å². The number of aryl methyl sites for hydroxylation is 3. The lowest BCUT2D eigenvalue weighted by Gasteiger charge is -2.13. The molecule has 5 heteroatoms. The highest BCUT2D eigenvalue weighted by molar-refractivity contribution is 5.90. The van der Waals surface area contributed by atoms with Gasteiger partial charge in [0.25, 0.3) is 5.56 Å². The molecular weight excluding hydrogens is 266 g/mol. The van der Waals surface area contributed by atoms with Gasteiger partial charge in [0, 0.05) is 13.6 Å². The molecule has 0 aliphatic rings. The summed E-state index contributed by atoms with van der Waals surface area (Å²) in [6, 6.07) is 7.56. The van der Waals surface area contributed by atoms with Gasteiger partial charge < -0.3 is 5.11 Å². The number of hydrogen-bond donors (Lipinski definition) is 1. The molecule has 0 saturated heterocycles. The zero-order valence-electron chi connectivity index (χ0n) is 12.3. The van der Waals surface area contributed by atoms with Gasteiger partial charge in [-0.25, -0.2) is 0 Å². The fourth-order valence-corrected chi connectivity index (χ4v) is 2.77. The average molecular weight is 283 g/mol. The molecule has 5 nitrogen and oxygen atoms in total. The number of benzene rings is 1. The second kappa shape index (κ2) is 4.77. The van der Waals surface area contributed by atoms with E-state index in [9.17, 15) is 9.90 Å². The van der Waals surface area contributed by atoms with Crippen LogP contribution in [-0.2, 0) is 13.6 Å². The Kier molecular flexibility index (Phi) is 3.05. The van der Waals surface area contributed by atoms with Gasteiger partial charge in [-0.1, -0.05) is 24.3 Å². The molecule has 0 atom stereocenters. The van der Waals surface area contributed by atoms with Crippen LogP contribution in [0.25, 0.3) is 22.2 Å². The summed E-state index contributed by atoms with van der Waals surface area (Å²) in [4.78, 5) is 12.8. The van der Waals surface area contributed by atoms with Crippen molar-refractivity contribution in [3.8, 4) is 16.9 Å². The normalized spacial score (nSPS) is 11.2. The van der Waals surface area contributed by atoms with Gasteiger partial charge in [0.05, 0.1) is 17.1 Å². The predicted molar refractivity (Wildman–Crippen MR) is 82.5 cm³/mol. The highest BCUT2D eigenvalue weighted by Gasteiger charge is 2.20. The second-order valence-corrected chi connectivity index (χ2v) is 5.09. The van der Waals surface area contributed by atoms with Gasteiger partial charge in [-0.05, 0) is 25.0 Å². The molecule has 0 saturated carbocycles. The van der Waals surface area contributed by atoms with E-state index in [0.29, 0.717) is 23.1 Å². The number of aromatic nitrogens is 3. The Morgan fingerprint density at radius 2 is 2.00 bits per heavy atom. The molecule has 0 radical (unpaired) electrons. The molecule has 0 bridgehead atoms. The molecule has 0 fully saturated rings. The maximum Gasteiger partial charge on any atom is 0.263 e. The van der Waals surface area contributed by atoms with Crippen molar-refractivity contribution < 1.29 is 5.11 Å². The van der Waals surface area contributed by atoms with Gasteiger partial charge >= 0.3 is 0 Å². The smallest absolute Gasteiger partial charge is 0.263 e. The van der Waals surface area contributed by atoms with Crippen LogP contribution in [0.3, 0.4) is 0 Å². The first-order valence-corrected chi connectivity index (χ1v) is 6.89. The van der Waals surface area contributed by atoms with Crippen LogP contribution in [0.2, 0.25) is 0 Å². The topological polar surface area (TPSA) is 60.1 Å². The summed E-state index contributed by atoms with van der Waals surface area (Å²) in [5.41, 5.74) is 2.50. The molecule has 21 heavy (non-hydrogen) atoms. The lowest BCUT2D eigenvalue weighted by Crippen LogP contribution is -2.23.